The fraction of sp³-hybridized carbons (Fsp3) is 0.435. The maximum atomic E-state index is 12.9. The van der Waals surface area contributed by atoms with Gasteiger partial charge in [0, 0.05) is 13.1 Å². The van der Waals surface area contributed by atoms with Gasteiger partial charge in [-0.3, -0.25) is 37.4 Å². The van der Waals surface area contributed by atoms with Crippen molar-refractivity contribution in [3.05, 3.63) is 58.5 Å². The number of hydrogen-bond acceptors (Lipinski definition) is 8. The number of carbonyl (C=O) groups is 2. The first kappa shape index (κ1) is 28.7. The highest BCUT2D eigenvalue weighted by molar-refractivity contribution is 5.68. The molecule has 0 radical (unpaired) electrons. The van der Waals surface area contributed by atoms with Crippen LogP contribution >= 0.6 is 0 Å². The summed E-state index contributed by atoms with van der Waals surface area (Å²) in [6, 6.07) is 0. The summed E-state index contributed by atoms with van der Waals surface area (Å²) in [6.07, 6.45) is 3.85. The molecule has 0 aliphatic rings. The lowest BCUT2D eigenvalue weighted by Crippen LogP contribution is -2.42. The SMILES string of the molecule is CCCCn1c(=O)c(C=C=Cc2c(O)n(CC(=O)O)c(=O)n(CCCC)c2=O)c(O)n(CC(=O)O)c1=O. The molecule has 2 aromatic heterocycles. The van der Waals surface area contributed by atoms with Crippen LogP contribution in [0.2, 0.25) is 0 Å². The van der Waals surface area contributed by atoms with Gasteiger partial charge in [0.25, 0.3) is 11.1 Å². The summed E-state index contributed by atoms with van der Waals surface area (Å²) in [6.45, 7) is 1.70. The number of unbranched alkanes of at least 4 members (excludes halogenated alkanes) is 2. The average Bonchev–Trinajstić information content (AvgIpc) is 2.83. The Morgan fingerprint density at radius 3 is 1.35 bits per heavy atom. The van der Waals surface area contributed by atoms with Crippen LogP contribution in [-0.4, -0.2) is 50.6 Å². The molecule has 0 fully saturated rings. The molecule has 2 rings (SSSR count). The molecule has 0 bridgehead atoms. The van der Waals surface area contributed by atoms with Gasteiger partial charge in [0.15, 0.2) is 0 Å². The Kier molecular flexibility index (Phi) is 9.60. The van der Waals surface area contributed by atoms with Gasteiger partial charge in [-0.2, -0.15) is 0 Å². The molecule has 0 aromatic carbocycles. The van der Waals surface area contributed by atoms with Crippen molar-refractivity contribution in [2.75, 3.05) is 0 Å². The van der Waals surface area contributed by atoms with E-state index >= 15 is 0 Å². The summed E-state index contributed by atoms with van der Waals surface area (Å²) in [5.74, 6) is -4.76. The van der Waals surface area contributed by atoms with Crippen LogP contribution < -0.4 is 22.5 Å². The summed E-state index contributed by atoms with van der Waals surface area (Å²) < 4.78 is 2.52. The summed E-state index contributed by atoms with van der Waals surface area (Å²) >= 11 is 0. The van der Waals surface area contributed by atoms with E-state index in [4.69, 9.17) is 10.2 Å². The van der Waals surface area contributed by atoms with Crippen LogP contribution in [0.15, 0.2) is 24.9 Å². The maximum Gasteiger partial charge on any atom is 0.334 e. The standard InChI is InChI=1S/C23H28N4O10/c1-3-5-10-24-18(32)14(20(34)26(22(24)36)12-16(28)29)8-7-9-15-19(33)25(11-6-4-2)23(37)27(21(15)35)13-17(30)31/h8-9,34-35H,3-6,10-13H2,1-2H3,(H,28,29)(H,30,31). The first-order chi connectivity index (χ1) is 17.5. The topological polar surface area (TPSA) is 203 Å². The molecular formula is C23H28N4O10. The second kappa shape index (κ2) is 12.4. The van der Waals surface area contributed by atoms with Crippen molar-refractivity contribution < 1.29 is 30.0 Å². The van der Waals surface area contributed by atoms with Crippen LogP contribution in [0.4, 0.5) is 0 Å². The van der Waals surface area contributed by atoms with Crippen LogP contribution in [0.1, 0.15) is 50.7 Å². The molecule has 0 aliphatic heterocycles. The fourth-order valence-corrected chi connectivity index (χ4v) is 3.46. The van der Waals surface area contributed by atoms with Crippen LogP contribution in [0.3, 0.4) is 0 Å². The van der Waals surface area contributed by atoms with Gasteiger partial charge in [-0.05, 0) is 25.0 Å². The van der Waals surface area contributed by atoms with Gasteiger partial charge in [0.05, 0.1) is 0 Å². The van der Waals surface area contributed by atoms with Gasteiger partial charge in [0.1, 0.15) is 24.2 Å². The van der Waals surface area contributed by atoms with Gasteiger partial charge >= 0.3 is 23.3 Å². The molecule has 0 spiro atoms. The zero-order valence-electron chi connectivity index (χ0n) is 20.3. The molecule has 2 aromatic rings. The number of hydrogen-bond donors (Lipinski definition) is 4. The van der Waals surface area contributed by atoms with Crippen molar-refractivity contribution in [2.45, 2.75) is 65.7 Å². The van der Waals surface area contributed by atoms with Gasteiger partial charge in [-0.15, -0.1) is 5.73 Å². The lowest BCUT2D eigenvalue weighted by atomic mass is 10.2. The van der Waals surface area contributed by atoms with Crippen molar-refractivity contribution in [2.24, 2.45) is 0 Å². The van der Waals surface area contributed by atoms with Crippen molar-refractivity contribution in [1.82, 2.24) is 18.3 Å². The highest BCUT2D eigenvalue weighted by Gasteiger charge is 2.20. The van der Waals surface area contributed by atoms with Crippen LogP contribution in [0, 0.1) is 0 Å². The van der Waals surface area contributed by atoms with E-state index in [1.165, 1.54) is 0 Å². The molecule has 37 heavy (non-hydrogen) atoms. The Morgan fingerprint density at radius 2 is 1.05 bits per heavy atom. The minimum absolute atomic E-state index is 0.0400. The lowest BCUT2D eigenvalue weighted by molar-refractivity contribution is -0.138. The summed E-state index contributed by atoms with van der Waals surface area (Å²) in [4.78, 5) is 73.2. The van der Waals surface area contributed by atoms with Crippen molar-refractivity contribution in [1.29, 1.82) is 0 Å². The van der Waals surface area contributed by atoms with Gasteiger partial charge in [-0.25, -0.2) is 9.59 Å². The number of aromatic hydroxyl groups is 2. The van der Waals surface area contributed by atoms with Crippen molar-refractivity contribution >= 4 is 24.1 Å². The Balaban J connectivity index is 2.80. The lowest BCUT2D eigenvalue weighted by Gasteiger charge is -2.13. The molecule has 0 saturated carbocycles. The molecular weight excluding hydrogens is 492 g/mol. The quantitative estimate of drug-likeness (QED) is 0.272. The molecule has 0 amide bonds. The first-order valence-corrected chi connectivity index (χ1v) is 11.4. The average molecular weight is 520 g/mol. The van der Waals surface area contributed by atoms with E-state index in [0.29, 0.717) is 34.8 Å². The van der Waals surface area contributed by atoms with E-state index in [2.05, 4.69) is 5.73 Å². The van der Waals surface area contributed by atoms with E-state index in [1.54, 1.807) is 0 Å². The zero-order chi connectivity index (χ0) is 27.9. The highest BCUT2D eigenvalue weighted by atomic mass is 16.4. The second-order valence-corrected chi connectivity index (χ2v) is 8.08. The van der Waals surface area contributed by atoms with E-state index < -0.39 is 70.4 Å². The molecule has 14 nitrogen and oxygen atoms in total. The number of nitrogens with zero attached hydrogens (tertiary/aromatic N) is 4. The van der Waals surface area contributed by atoms with Crippen molar-refractivity contribution in [3.63, 3.8) is 0 Å². The van der Waals surface area contributed by atoms with Crippen LogP contribution in [0.25, 0.3) is 12.2 Å². The second-order valence-electron chi connectivity index (χ2n) is 8.08. The van der Waals surface area contributed by atoms with Gasteiger partial charge in [0.2, 0.25) is 11.8 Å². The largest absolute Gasteiger partial charge is 0.494 e. The smallest absolute Gasteiger partial charge is 0.334 e. The van der Waals surface area contributed by atoms with Crippen LogP contribution in [0.5, 0.6) is 11.8 Å². The molecule has 0 aliphatic carbocycles. The number of aliphatic carboxylic acids is 2. The summed E-state index contributed by atoms with van der Waals surface area (Å²) in [5, 5.41) is 39.1. The van der Waals surface area contributed by atoms with Crippen molar-refractivity contribution in [3.8, 4) is 11.8 Å². The molecule has 0 saturated heterocycles. The van der Waals surface area contributed by atoms with E-state index in [1.807, 2.05) is 13.8 Å². The maximum absolute atomic E-state index is 12.9. The third-order valence-electron chi connectivity index (χ3n) is 5.38. The Hall–Kier alpha value is -4.58. The third-order valence-corrected chi connectivity index (χ3v) is 5.38. The van der Waals surface area contributed by atoms with E-state index in [0.717, 1.165) is 21.3 Å². The minimum atomic E-state index is -1.44. The number of carboxylic acids is 2. The van der Waals surface area contributed by atoms with Gasteiger partial charge < -0.3 is 20.4 Å². The molecule has 0 atom stereocenters. The normalized spacial score (nSPS) is 10.6. The van der Waals surface area contributed by atoms with Gasteiger partial charge in [-0.1, -0.05) is 26.7 Å². The first-order valence-electron chi connectivity index (χ1n) is 11.4. The number of aromatic nitrogens is 4. The Labute approximate surface area is 208 Å². The zero-order valence-corrected chi connectivity index (χ0v) is 20.3. The molecule has 2 heterocycles. The molecule has 0 unspecified atom stereocenters. The number of rotatable bonds is 12. The minimum Gasteiger partial charge on any atom is -0.494 e. The molecule has 200 valence electrons. The predicted octanol–water partition coefficient (Wildman–Crippen LogP) is -0.160. The number of carboxylic acid groups (broad SMARTS) is 2. The molecule has 14 heteroatoms. The van der Waals surface area contributed by atoms with E-state index in [9.17, 15) is 39.0 Å². The van der Waals surface area contributed by atoms with E-state index in [-0.39, 0.29) is 13.1 Å². The predicted molar refractivity (Wildman–Crippen MR) is 131 cm³/mol. The Morgan fingerprint density at radius 1 is 0.703 bits per heavy atom. The fourth-order valence-electron chi connectivity index (χ4n) is 3.46. The Bertz CT molecular complexity index is 1390. The molecule has 4 N–H and O–H groups in total. The van der Waals surface area contributed by atoms with Crippen LogP contribution in [-0.2, 0) is 35.8 Å². The summed E-state index contributed by atoms with van der Waals surface area (Å²) in [5.41, 5.74) is -2.48. The third kappa shape index (κ3) is 6.35. The highest BCUT2D eigenvalue weighted by Crippen LogP contribution is 2.15. The summed E-state index contributed by atoms with van der Waals surface area (Å²) in [7, 11) is 0. The monoisotopic (exact) mass is 520 g/mol.